The monoisotopic (exact) mass is 505 g/mol. The van der Waals surface area contributed by atoms with Gasteiger partial charge in [-0.2, -0.15) is 0 Å². The maximum Gasteiger partial charge on any atom is 0.306 e. The van der Waals surface area contributed by atoms with Gasteiger partial charge in [-0.05, 0) is 55.7 Å². The maximum atomic E-state index is 13.2. The number of furan rings is 1. The molecule has 6 nitrogen and oxygen atoms in total. The van der Waals surface area contributed by atoms with E-state index in [1.165, 1.54) is 11.8 Å². The van der Waals surface area contributed by atoms with E-state index >= 15 is 0 Å². The molecule has 0 spiro atoms. The molecule has 8 heteroatoms. The van der Waals surface area contributed by atoms with Crippen molar-refractivity contribution in [1.29, 1.82) is 0 Å². The topological polar surface area (TPSA) is 80.0 Å². The summed E-state index contributed by atoms with van der Waals surface area (Å²) in [6.45, 7) is 0. The molecule has 1 amide bonds. The summed E-state index contributed by atoms with van der Waals surface area (Å²) in [5.74, 6) is 1.10. The Hall–Kier alpha value is -3.36. The Balaban J connectivity index is 1.35. The first kappa shape index (κ1) is 23.4. The minimum atomic E-state index is -0.810. The molecule has 2 aliphatic rings. The summed E-state index contributed by atoms with van der Waals surface area (Å²) in [5, 5.41) is 9.40. The van der Waals surface area contributed by atoms with Crippen molar-refractivity contribution >= 4 is 46.3 Å². The van der Waals surface area contributed by atoms with Crippen LogP contribution in [0.3, 0.4) is 0 Å². The zero-order valence-electron chi connectivity index (χ0n) is 18.8. The van der Waals surface area contributed by atoms with Crippen LogP contribution in [0, 0.1) is 5.92 Å². The summed E-state index contributed by atoms with van der Waals surface area (Å²) >= 11 is 6.72. The molecular formula is C27H23NO5S2. The van der Waals surface area contributed by atoms with Crippen molar-refractivity contribution in [2.75, 3.05) is 0 Å². The van der Waals surface area contributed by atoms with Crippen LogP contribution >= 0.6 is 24.0 Å². The summed E-state index contributed by atoms with van der Waals surface area (Å²) in [5.41, 5.74) is 0.797. The molecule has 1 aliphatic heterocycles. The van der Waals surface area contributed by atoms with E-state index in [1.54, 1.807) is 11.0 Å². The zero-order chi connectivity index (χ0) is 24.4. The number of para-hydroxylation sites is 2. The van der Waals surface area contributed by atoms with E-state index < -0.39 is 11.9 Å². The van der Waals surface area contributed by atoms with Gasteiger partial charge in [-0.3, -0.25) is 14.5 Å². The molecule has 2 unspecified atom stereocenters. The van der Waals surface area contributed by atoms with Gasteiger partial charge in [-0.1, -0.05) is 60.7 Å². The fourth-order valence-corrected chi connectivity index (χ4v) is 5.88. The smallest absolute Gasteiger partial charge is 0.306 e. The van der Waals surface area contributed by atoms with Gasteiger partial charge >= 0.3 is 5.97 Å². The number of aliphatic carboxylic acids is 1. The van der Waals surface area contributed by atoms with Gasteiger partial charge in [0.05, 0.1) is 16.4 Å². The van der Waals surface area contributed by atoms with Crippen molar-refractivity contribution < 1.29 is 23.8 Å². The lowest BCUT2D eigenvalue weighted by molar-refractivity contribution is -0.144. The third kappa shape index (κ3) is 5.04. The molecule has 1 aromatic heterocycles. The average molecular weight is 506 g/mol. The van der Waals surface area contributed by atoms with Crippen LogP contribution in [-0.4, -0.2) is 32.2 Å². The summed E-state index contributed by atoms with van der Waals surface area (Å²) < 4.78 is 12.6. The van der Waals surface area contributed by atoms with E-state index in [2.05, 4.69) is 0 Å². The lowest BCUT2D eigenvalue weighted by Crippen LogP contribution is -2.42. The normalized spacial score (nSPS) is 21.5. The number of hydrogen-bond acceptors (Lipinski definition) is 6. The number of ether oxygens (including phenoxy) is 1. The number of amides is 1. The van der Waals surface area contributed by atoms with Gasteiger partial charge in [0.25, 0.3) is 5.91 Å². The van der Waals surface area contributed by atoms with Crippen LogP contribution in [0.25, 0.3) is 17.4 Å². The lowest BCUT2D eigenvalue weighted by Gasteiger charge is -2.32. The molecule has 1 saturated carbocycles. The highest BCUT2D eigenvalue weighted by atomic mass is 32.2. The van der Waals surface area contributed by atoms with Crippen molar-refractivity contribution in [2.45, 2.75) is 31.7 Å². The fourth-order valence-electron chi connectivity index (χ4n) is 4.50. The first-order chi connectivity index (χ1) is 17.0. The number of rotatable bonds is 6. The summed E-state index contributed by atoms with van der Waals surface area (Å²) in [4.78, 5) is 26.7. The predicted molar refractivity (Wildman–Crippen MR) is 139 cm³/mol. The molecule has 5 rings (SSSR count). The van der Waals surface area contributed by atoms with Crippen molar-refractivity contribution in [3.8, 4) is 22.8 Å². The first-order valence-electron chi connectivity index (χ1n) is 11.4. The Kier molecular flexibility index (Phi) is 6.74. The van der Waals surface area contributed by atoms with Gasteiger partial charge in [-0.25, -0.2) is 0 Å². The molecule has 2 heterocycles. The minimum absolute atomic E-state index is 0.183. The molecule has 178 valence electrons. The van der Waals surface area contributed by atoms with E-state index in [-0.39, 0.29) is 11.9 Å². The molecule has 2 aromatic carbocycles. The second-order valence-corrected chi connectivity index (χ2v) is 10.2. The van der Waals surface area contributed by atoms with Crippen LogP contribution in [-0.2, 0) is 9.59 Å². The number of carboxylic acids is 1. The van der Waals surface area contributed by atoms with Crippen LogP contribution < -0.4 is 4.74 Å². The fraction of sp³-hybridized carbons (Fsp3) is 0.222. The molecular weight excluding hydrogens is 482 g/mol. The van der Waals surface area contributed by atoms with Crippen LogP contribution in [0.2, 0.25) is 0 Å². The summed E-state index contributed by atoms with van der Waals surface area (Å²) in [6.07, 6.45) is 4.29. The molecule has 1 aliphatic carbocycles. The van der Waals surface area contributed by atoms with E-state index in [9.17, 15) is 14.7 Å². The number of thiocarbonyl (C=S) groups is 1. The summed E-state index contributed by atoms with van der Waals surface area (Å²) in [6, 6.07) is 20.6. The van der Waals surface area contributed by atoms with Gasteiger partial charge in [0, 0.05) is 12.1 Å². The van der Waals surface area contributed by atoms with E-state index in [1.807, 2.05) is 66.7 Å². The number of carbonyl (C=O) groups excluding carboxylic acids is 1. The van der Waals surface area contributed by atoms with Gasteiger partial charge in [0.2, 0.25) is 0 Å². The zero-order valence-corrected chi connectivity index (χ0v) is 20.4. The SMILES string of the molecule is O=C(O)C1CCCC(N2C(=O)C(=Cc3ccc(-c4ccccc4Oc4ccccc4)o3)SC2=S)C1. The third-order valence-electron chi connectivity index (χ3n) is 6.21. The molecule has 3 aromatic rings. The highest BCUT2D eigenvalue weighted by Gasteiger charge is 2.40. The Morgan fingerprint density at radius 2 is 1.86 bits per heavy atom. The maximum absolute atomic E-state index is 13.2. The van der Waals surface area contributed by atoms with E-state index in [4.69, 9.17) is 21.4 Å². The molecule has 1 saturated heterocycles. The predicted octanol–water partition coefficient (Wildman–Crippen LogP) is 6.58. The second kappa shape index (κ2) is 10.1. The molecule has 1 N–H and O–H groups in total. The van der Waals surface area contributed by atoms with E-state index in [0.29, 0.717) is 39.3 Å². The molecule has 2 fully saturated rings. The van der Waals surface area contributed by atoms with Gasteiger partial charge in [-0.15, -0.1) is 0 Å². The average Bonchev–Trinajstić information content (AvgIpc) is 3.44. The van der Waals surface area contributed by atoms with Crippen molar-refractivity contribution in [2.24, 2.45) is 5.92 Å². The number of hydrogen-bond donors (Lipinski definition) is 1. The quantitative estimate of drug-likeness (QED) is 0.299. The lowest BCUT2D eigenvalue weighted by atomic mass is 9.85. The standard InChI is InChI=1S/C27H23NO5S2/c29-25-24(35-27(34)28(25)18-8-6-7-17(15-18)26(30)31)16-20-13-14-23(33-20)21-11-4-5-12-22(21)32-19-9-2-1-3-10-19/h1-5,9-14,16-18H,6-8,15H2,(H,30,31). The third-order valence-corrected chi connectivity index (χ3v) is 7.54. The van der Waals surface area contributed by atoms with Gasteiger partial charge in [0.1, 0.15) is 27.3 Å². The van der Waals surface area contributed by atoms with Crippen LogP contribution in [0.5, 0.6) is 11.5 Å². The molecule has 0 bridgehead atoms. The number of benzene rings is 2. The van der Waals surface area contributed by atoms with Crippen LogP contribution in [0.1, 0.15) is 31.4 Å². The molecule has 35 heavy (non-hydrogen) atoms. The number of carbonyl (C=O) groups is 2. The van der Waals surface area contributed by atoms with Gasteiger partial charge < -0.3 is 14.3 Å². The highest BCUT2D eigenvalue weighted by Crippen LogP contribution is 2.40. The number of carboxylic acid groups (broad SMARTS) is 1. The Morgan fingerprint density at radius 3 is 2.66 bits per heavy atom. The minimum Gasteiger partial charge on any atom is -0.481 e. The van der Waals surface area contributed by atoms with Crippen molar-refractivity contribution in [1.82, 2.24) is 4.90 Å². The van der Waals surface area contributed by atoms with Crippen molar-refractivity contribution in [3.05, 3.63) is 77.4 Å². The number of thioether (sulfide) groups is 1. The number of nitrogens with zero attached hydrogens (tertiary/aromatic N) is 1. The first-order valence-corrected chi connectivity index (χ1v) is 12.6. The molecule has 0 radical (unpaired) electrons. The summed E-state index contributed by atoms with van der Waals surface area (Å²) in [7, 11) is 0. The van der Waals surface area contributed by atoms with E-state index in [0.717, 1.165) is 24.2 Å². The van der Waals surface area contributed by atoms with Crippen LogP contribution in [0.4, 0.5) is 0 Å². The Morgan fingerprint density at radius 1 is 1.09 bits per heavy atom. The Bertz CT molecular complexity index is 1300. The molecule has 2 atom stereocenters. The van der Waals surface area contributed by atoms with Gasteiger partial charge in [0.15, 0.2) is 0 Å². The van der Waals surface area contributed by atoms with Crippen LogP contribution in [0.15, 0.2) is 76.1 Å². The largest absolute Gasteiger partial charge is 0.481 e. The Labute approximate surface area is 212 Å². The van der Waals surface area contributed by atoms with Crippen molar-refractivity contribution in [3.63, 3.8) is 0 Å². The second-order valence-electron chi connectivity index (χ2n) is 8.52. The highest BCUT2D eigenvalue weighted by molar-refractivity contribution is 8.26.